The molecule has 0 fully saturated rings. The quantitative estimate of drug-likeness (QED) is 0.740. The molecular formula is C14H19NO. The SMILES string of the molecule is C#CCOc1ccccc1C(CC)NCC. The fourth-order valence-corrected chi connectivity index (χ4v) is 1.74. The van der Waals surface area contributed by atoms with E-state index in [1.54, 1.807) is 0 Å². The second kappa shape index (κ2) is 6.92. The maximum atomic E-state index is 5.54. The summed E-state index contributed by atoms with van der Waals surface area (Å²) in [4.78, 5) is 0. The van der Waals surface area contributed by atoms with Crippen LogP contribution in [0.15, 0.2) is 24.3 Å². The van der Waals surface area contributed by atoms with E-state index in [2.05, 4.69) is 31.2 Å². The summed E-state index contributed by atoms with van der Waals surface area (Å²) in [7, 11) is 0. The van der Waals surface area contributed by atoms with E-state index in [-0.39, 0.29) is 0 Å². The van der Waals surface area contributed by atoms with Crippen LogP contribution in [0.25, 0.3) is 0 Å². The summed E-state index contributed by atoms with van der Waals surface area (Å²) in [6, 6.07) is 8.38. The van der Waals surface area contributed by atoms with Gasteiger partial charge in [0.25, 0.3) is 0 Å². The van der Waals surface area contributed by atoms with Gasteiger partial charge in [0.15, 0.2) is 0 Å². The number of rotatable bonds is 6. The molecule has 0 bridgehead atoms. The topological polar surface area (TPSA) is 21.3 Å². The van der Waals surface area contributed by atoms with Crippen LogP contribution in [0.2, 0.25) is 0 Å². The van der Waals surface area contributed by atoms with Crippen molar-refractivity contribution < 1.29 is 4.74 Å². The molecule has 0 aliphatic heterocycles. The lowest BCUT2D eigenvalue weighted by Crippen LogP contribution is -2.20. The maximum absolute atomic E-state index is 5.54. The largest absolute Gasteiger partial charge is 0.481 e. The van der Waals surface area contributed by atoms with E-state index < -0.39 is 0 Å². The standard InChI is InChI=1S/C14H19NO/c1-4-11-16-14-10-8-7-9-12(14)13(5-2)15-6-3/h1,7-10,13,15H,5-6,11H2,2-3H3. The fraction of sp³-hybridized carbons (Fsp3) is 0.429. The number of para-hydroxylation sites is 1. The van der Waals surface area contributed by atoms with Gasteiger partial charge in [0, 0.05) is 11.6 Å². The van der Waals surface area contributed by atoms with Crippen molar-refractivity contribution in [2.24, 2.45) is 0 Å². The zero-order chi connectivity index (χ0) is 11.8. The minimum absolute atomic E-state index is 0.319. The first-order chi connectivity index (χ1) is 7.83. The fourth-order valence-electron chi connectivity index (χ4n) is 1.74. The Hall–Kier alpha value is -1.46. The molecule has 0 saturated carbocycles. The highest BCUT2D eigenvalue weighted by molar-refractivity contribution is 5.36. The van der Waals surface area contributed by atoms with Crippen molar-refractivity contribution in [3.8, 4) is 18.1 Å². The Morgan fingerprint density at radius 3 is 2.75 bits per heavy atom. The van der Waals surface area contributed by atoms with Crippen LogP contribution in [-0.2, 0) is 0 Å². The summed E-state index contributed by atoms with van der Waals surface area (Å²) >= 11 is 0. The van der Waals surface area contributed by atoms with E-state index in [0.717, 1.165) is 18.7 Å². The van der Waals surface area contributed by atoms with Crippen LogP contribution in [0.4, 0.5) is 0 Å². The lowest BCUT2D eigenvalue weighted by atomic mass is 10.0. The third-order valence-electron chi connectivity index (χ3n) is 2.46. The molecule has 0 aliphatic rings. The number of benzene rings is 1. The first kappa shape index (κ1) is 12.6. The molecule has 1 atom stereocenters. The number of ether oxygens (including phenoxy) is 1. The van der Waals surface area contributed by atoms with Crippen LogP contribution >= 0.6 is 0 Å². The molecule has 2 heteroatoms. The van der Waals surface area contributed by atoms with E-state index in [9.17, 15) is 0 Å². The van der Waals surface area contributed by atoms with Crippen molar-refractivity contribution in [3.05, 3.63) is 29.8 Å². The minimum atomic E-state index is 0.319. The summed E-state index contributed by atoms with van der Waals surface area (Å²) in [6.07, 6.45) is 6.24. The number of nitrogens with one attached hydrogen (secondary N) is 1. The predicted octanol–water partition coefficient (Wildman–Crippen LogP) is 2.76. The molecule has 0 radical (unpaired) electrons. The van der Waals surface area contributed by atoms with Gasteiger partial charge >= 0.3 is 0 Å². The molecule has 86 valence electrons. The molecular weight excluding hydrogens is 198 g/mol. The highest BCUT2D eigenvalue weighted by Gasteiger charge is 2.12. The monoisotopic (exact) mass is 217 g/mol. The second-order valence-electron chi connectivity index (χ2n) is 3.55. The number of hydrogen-bond acceptors (Lipinski definition) is 2. The lowest BCUT2D eigenvalue weighted by Gasteiger charge is -2.19. The lowest BCUT2D eigenvalue weighted by molar-refractivity contribution is 0.358. The van der Waals surface area contributed by atoms with Gasteiger partial charge in [-0.05, 0) is 19.0 Å². The van der Waals surface area contributed by atoms with Crippen molar-refractivity contribution in [2.45, 2.75) is 26.3 Å². The Kier molecular flexibility index (Phi) is 5.45. The molecule has 0 aromatic heterocycles. The van der Waals surface area contributed by atoms with E-state index >= 15 is 0 Å². The van der Waals surface area contributed by atoms with Crippen molar-refractivity contribution in [2.75, 3.05) is 13.2 Å². The Morgan fingerprint density at radius 1 is 1.38 bits per heavy atom. The summed E-state index contributed by atoms with van der Waals surface area (Å²) < 4.78 is 5.54. The second-order valence-corrected chi connectivity index (χ2v) is 3.55. The van der Waals surface area contributed by atoms with Crippen LogP contribution in [0.1, 0.15) is 31.9 Å². The van der Waals surface area contributed by atoms with Gasteiger partial charge < -0.3 is 10.1 Å². The molecule has 0 amide bonds. The molecule has 0 spiro atoms. The van der Waals surface area contributed by atoms with Gasteiger partial charge in [0.05, 0.1) is 0 Å². The molecule has 1 N–H and O–H groups in total. The van der Waals surface area contributed by atoms with E-state index in [1.165, 1.54) is 5.56 Å². The van der Waals surface area contributed by atoms with Gasteiger partial charge in [-0.3, -0.25) is 0 Å². The highest BCUT2D eigenvalue weighted by Crippen LogP contribution is 2.26. The van der Waals surface area contributed by atoms with Crippen molar-refractivity contribution in [1.29, 1.82) is 0 Å². The van der Waals surface area contributed by atoms with Gasteiger partial charge in [0.2, 0.25) is 0 Å². The van der Waals surface area contributed by atoms with Gasteiger partial charge in [-0.25, -0.2) is 0 Å². The summed E-state index contributed by atoms with van der Waals surface area (Å²) in [5.74, 6) is 3.37. The number of terminal acetylenes is 1. The third-order valence-corrected chi connectivity index (χ3v) is 2.46. The first-order valence-corrected chi connectivity index (χ1v) is 5.72. The highest BCUT2D eigenvalue weighted by atomic mass is 16.5. The molecule has 0 saturated heterocycles. The maximum Gasteiger partial charge on any atom is 0.148 e. The van der Waals surface area contributed by atoms with Crippen LogP contribution in [0.5, 0.6) is 5.75 Å². The van der Waals surface area contributed by atoms with Crippen molar-refractivity contribution >= 4 is 0 Å². The van der Waals surface area contributed by atoms with Crippen molar-refractivity contribution in [1.82, 2.24) is 5.32 Å². The zero-order valence-corrected chi connectivity index (χ0v) is 9.99. The molecule has 0 heterocycles. The third kappa shape index (κ3) is 3.29. The molecule has 1 aromatic rings. The average Bonchev–Trinajstić information content (AvgIpc) is 2.34. The first-order valence-electron chi connectivity index (χ1n) is 5.72. The van der Waals surface area contributed by atoms with Crippen molar-refractivity contribution in [3.63, 3.8) is 0 Å². The van der Waals surface area contributed by atoms with Crippen LogP contribution in [-0.4, -0.2) is 13.2 Å². The van der Waals surface area contributed by atoms with Gasteiger partial charge in [-0.1, -0.05) is 38.0 Å². The minimum Gasteiger partial charge on any atom is -0.481 e. The zero-order valence-electron chi connectivity index (χ0n) is 9.99. The van der Waals surface area contributed by atoms with E-state index in [1.807, 2.05) is 18.2 Å². The van der Waals surface area contributed by atoms with Crippen LogP contribution in [0, 0.1) is 12.3 Å². The Bertz CT molecular complexity index is 354. The van der Waals surface area contributed by atoms with E-state index in [0.29, 0.717) is 12.6 Å². The Balaban J connectivity index is 2.87. The summed E-state index contributed by atoms with van der Waals surface area (Å²) in [5, 5.41) is 3.43. The Morgan fingerprint density at radius 2 is 2.12 bits per heavy atom. The van der Waals surface area contributed by atoms with E-state index in [4.69, 9.17) is 11.2 Å². The average molecular weight is 217 g/mol. The van der Waals surface area contributed by atoms with Gasteiger partial charge in [-0.2, -0.15) is 0 Å². The molecule has 2 nitrogen and oxygen atoms in total. The smallest absolute Gasteiger partial charge is 0.148 e. The molecule has 1 unspecified atom stereocenters. The summed E-state index contributed by atoms with van der Waals surface area (Å²) in [6.45, 7) is 5.53. The summed E-state index contributed by atoms with van der Waals surface area (Å²) in [5.41, 5.74) is 1.18. The normalized spacial score (nSPS) is 11.8. The molecule has 1 aromatic carbocycles. The molecule has 16 heavy (non-hydrogen) atoms. The molecule has 1 rings (SSSR count). The van der Waals surface area contributed by atoms with Gasteiger partial charge in [0.1, 0.15) is 12.4 Å². The van der Waals surface area contributed by atoms with Crippen LogP contribution < -0.4 is 10.1 Å². The Labute approximate surface area is 98.0 Å². The predicted molar refractivity (Wildman–Crippen MR) is 67.5 cm³/mol. The molecule has 0 aliphatic carbocycles. The van der Waals surface area contributed by atoms with Crippen LogP contribution in [0.3, 0.4) is 0 Å². The number of hydrogen-bond donors (Lipinski definition) is 1. The van der Waals surface area contributed by atoms with Gasteiger partial charge in [-0.15, -0.1) is 6.42 Å².